The van der Waals surface area contributed by atoms with Crippen LogP contribution in [0.25, 0.3) is 0 Å². The molecule has 1 fully saturated rings. The van der Waals surface area contributed by atoms with Crippen LogP contribution in [0.1, 0.15) is 37.9 Å². The normalized spacial score (nSPS) is 26.0. The minimum absolute atomic E-state index is 0.0456. The Morgan fingerprint density at radius 1 is 1.44 bits per heavy atom. The van der Waals surface area contributed by atoms with Crippen LogP contribution >= 0.6 is 0 Å². The van der Waals surface area contributed by atoms with Crippen molar-refractivity contribution in [3.05, 3.63) is 35.4 Å². The number of aliphatic hydroxyl groups excluding tert-OH is 1. The van der Waals surface area contributed by atoms with Crippen molar-refractivity contribution in [1.29, 1.82) is 0 Å². The molecule has 0 aromatic heterocycles. The Balaban J connectivity index is 2.14. The van der Waals surface area contributed by atoms with Crippen molar-refractivity contribution in [2.45, 2.75) is 38.3 Å². The predicted octanol–water partition coefficient (Wildman–Crippen LogP) is 2.78. The summed E-state index contributed by atoms with van der Waals surface area (Å²) in [6.45, 7) is 2.93. The Morgan fingerprint density at radius 2 is 2.22 bits per heavy atom. The number of rotatable bonds is 3. The van der Waals surface area contributed by atoms with Crippen LogP contribution < -0.4 is 5.32 Å². The molecule has 0 bridgehead atoms. The zero-order chi connectivity index (χ0) is 13.1. The minimum Gasteiger partial charge on any atom is -0.387 e. The molecule has 0 saturated carbocycles. The van der Waals surface area contributed by atoms with E-state index in [1.54, 1.807) is 0 Å². The highest BCUT2D eigenvalue weighted by Gasteiger charge is 2.28. The van der Waals surface area contributed by atoms with Crippen LogP contribution in [-0.4, -0.2) is 17.7 Å². The van der Waals surface area contributed by atoms with Gasteiger partial charge in [-0.25, -0.2) is 8.78 Å². The lowest BCUT2D eigenvalue weighted by Crippen LogP contribution is -2.42. The average Bonchev–Trinajstić information content (AvgIpc) is 2.41. The van der Waals surface area contributed by atoms with E-state index in [1.165, 1.54) is 0 Å². The lowest BCUT2D eigenvalue weighted by Gasteiger charge is -2.33. The van der Waals surface area contributed by atoms with Crippen LogP contribution in [0.4, 0.5) is 8.78 Å². The van der Waals surface area contributed by atoms with Gasteiger partial charge in [-0.05, 0) is 43.5 Å². The van der Waals surface area contributed by atoms with Gasteiger partial charge in [-0.3, -0.25) is 0 Å². The van der Waals surface area contributed by atoms with Crippen LogP contribution in [0.15, 0.2) is 18.2 Å². The largest absolute Gasteiger partial charge is 0.387 e. The van der Waals surface area contributed by atoms with E-state index in [0.29, 0.717) is 5.92 Å². The molecule has 2 nitrogen and oxygen atoms in total. The van der Waals surface area contributed by atoms with Gasteiger partial charge >= 0.3 is 0 Å². The highest BCUT2D eigenvalue weighted by molar-refractivity contribution is 5.22. The Morgan fingerprint density at radius 3 is 2.94 bits per heavy atom. The maximum absolute atomic E-state index is 13.6. The molecule has 3 atom stereocenters. The molecule has 4 heteroatoms. The fraction of sp³-hybridized carbons (Fsp3) is 0.571. The van der Waals surface area contributed by atoms with E-state index < -0.39 is 17.7 Å². The number of hydrogen-bond donors (Lipinski definition) is 2. The van der Waals surface area contributed by atoms with E-state index in [-0.39, 0.29) is 11.6 Å². The highest BCUT2D eigenvalue weighted by atomic mass is 19.1. The first-order valence-corrected chi connectivity index (χ1v) is 6.48. The van der Waals surface area contributed by atoms with Gasteiger partial charge in [0.2, 0.25) is 0 Å². The van der Waals surface area contributed by atoms with Crippen LogP contribution in [0, 0.1) is 17.6 Å². The number of benzene rings is 1. The summed E-state index contributed by atoms with van der Waals surface area (Å²) >= 11 is 0. The average molecular weight is 255 g/mol. The van der Waals surface area contributed by atoms with Gasteiger partial charge in [-0.1, -0.05) is 13.3 Å². The zero-order valence-electron chi connectivity index (χ0n) is 10.5. The maximum atomic E-state index is 13.6. The summed E-state index contributed by atoms with van der Waals surface area (Å²) in [7, 11) is 0. The van der Waals surface area contributed by atoms with Crippen LogP contribution in [0.3, 0.4) is 0 Å². The first-order valence-electron chi connectivity index (χ1n) is 6.48. The van der Waals surface area contributed by atoms with E-state index >= 15 is 0 Å². The third-order valence-corrected chi connectivity index (χ3v) is 3.78. The Kier molecular flexibility index (Phi) is 4.30. The third-order valence-electron chi connectivity index (χ3n) is 3.78. The summed E-state index contributed by atoms with van der Waals surface area (Å²) in [4.78, 5) is 0. The summed E-state index contributed by atoms with van der Waals surface area (Å²) in [6.07, 6.45) is 1.94. The molecular weight excluding hydrogens is 236 g/mol. The Bertz CT molecular complexity index is 411. The summed E-state index contributed by atoms with van der Waals surface area (Å²) in [5.41, 5.74) is 0.0456. The number of aliphatic hydroxyl groups is 1. The molecule has 1 aromatic carbocycles. The van der Waals surface area contributed by atoms with Gasteiger partial charge in [0, 0.05) is 11.6 Å². The second-order valence-corrected chi connectivity index (χ2v) is 4.97. The molecule has 100 valence electrons. The molecule has 1 aliphatic rings. The molecule has 1 aromatic rings. The third kappa shape index (κ3) is 2.87. The molecule has 2 rings (SSSR count). The fourth-order valence-electron chi connectivity index (χ4n) is 2.60. The summed E-state index contributed by atoms with van der Waals surface area (Å²) in [5, 5.41) is 13.4. The standard InChI is InChI=1S/C14H19F2NO/c1-2-9-5-6-17-13(7-9)14(18)11-8-10(15)3-4-12(11)16/h3-4,8-9,13-14,17-18H,2,5-7H2,1H3. The van der Waals surface area contributed by atoms with E-state index in [4.69, 9.17) is 0 Å². The number of piperidine rings is 1. The topological polar surface area (TPSA) is 32.3 Å². The van der Waals surface area contributed by atoms with Gasteiger partial charge in [-0.2, -0.15) is 0 Å². The Hall–Kier alpha value is -1.00. The van der Waals surface area contributed by atoms with Gasteiger partial charge < -0.3 is 10.4 Å². The van der Waals surface area contributed by atoms with Crippen molar-refractivity contribution >= 4 is 0 Å². The molecule has 0 amide bonds. The lowest BCUT2D eigenvalue weighted by molar-refractivity contribution is 0.0945. The first-order chi connectivity index (χ1) is 8.61. The van der Waals surface area contributed by atoms with E-state index in [9.17, 15) is 13.9 Å². The quantitative estimate of drug-likeness (QED) is 0.870. The van der Waals surface area contributed by atoms with E-state index in [0.717, 1.165) is 44.0 Å². The van der Waals surface area contributed by atoms with E-state index in [1.807, 2.05) is 0 Å². The van der Waals surface area contributed by atoms with Crippen molar-refractivity contribution in [2.75, 3.05) is 6.54 Å². The molecule has 0 aliphatic carbocycles. The molecular formula is C14H19F2NO. The van der Waals surface area contributed by atoms with Crippen LogP contribution in [0.5, 0.6) is 0 Å². The van der Waals surface area contributed by atoms with E-state index in [2.05, 4.69) is 12.2 Å². The molecule has 1 saturated heterocycles. The fourth-order valence-corrected chi connectivity index (χ4v) is 2.60. The second kappa shape index (κ2) is 5.76. The summed E-state index contributed by atoms with van der Waals surface area (Å²) in [5.74, 6) is -0.528. The summed E-state index contributed by atoms with van der Waals surface area (Å²) < 4.78 is 26.7. The molecule has 0 radical (unpaired) electrons. The van der Waals surface area contributed by atoms with Crippen LogP contribution in [0.2, 0.25) is 0 Å². The van der Waals surface area contributed by atoms with Crippen molar-refractivity contribution < 1.29 is 13.9 Å². The smallest absolute Gasteiger partial charge is 0.129 e. The number of hydrogen-bond acceptors (Lipinski definition) is 2. The SMILES string of the molecule is CCC1CCNC(C(O)c2cc(F)ccc2F)C1. The minimum atomic E-state index is -0.991. The summed E-state index contributed by atoms with van der Waals surface area (Å²) in [6, 6.07) is 3.01. The number of halogens is 2. The second-order valence-electron chi connectivity index (χ2n) is 4.97. The molecule has 2 N–H and O–H groups in total. The van der Waals surface area contributed by atoms with Gasteiger partial charge in [0.05, 0.1) is 6.10 Å². The van der Waals surface area contributed by atoms with Gasteiger partial charge in [0.25, 0.3) is 0 Å². The molecule has 3 unspecified atom stereocenters. The van der Waals surface area contributed by atoms with Crippen molar-refractivity contribution in [3.63, 3.8) is 0 Å². The molecule has 18 heavy (non-hydrogen) atoms. The van der Waals surface area contributed by atoms with Gasteiger partial charge in [-0.15, -0.1) is 0 Å². The van der Waals surface area contributed by atoms with Crippen molar-refractivity contribution in [3.8, 4) is 0 Å². The van der Waals surface area contributed by atoms with Crippen molar-refractivity contribution in [2.24, 2.45) is 5.92 Å². The molecule has 0 spiro atoms. The molecule has 1 aliphatic heterocycles. The maximum Gasteiger partial charge on any atom is 0.129 e. The lowest BCUT2D eigenvalue weighted by atomic mass is 9.86. The highest BCUT2D eigenvalue weighted by Crippen LogP contribution is 2.29. The zero-order valence-corrected chi connectivity index (χ0v) is 10.5. The Labute approximate surface area is 106 Å². The van der Waals surface area contributed by atoms with Gasteiger partial charge in [0.1, 0.15) is 11.6 Å². The van der Waals surface area contributed by atoms with Crippen LogP contribution in [-0.2, 0) is 0 Å². The number of nitrogens with one attached hydrogen (secondary N) is 1. The van der Waals surface area contributed by atoms with Gasteiger partial charge in [0.15, 0.2) is 0 Å². The molecule has 1 heterocycles. The first kappa shape index (κ1) is 13.4. The predicted molar refractivity (Wildman–Crippen MR) is 66.1 cm³/mol. The monoisotopic (exact) mass is 255 g/mol. The van der Waals surface area contributed by atoms with Crippen molar-refractivity contribution in [1.82, 2.24) is 5.32 Å².